The fourth-order valence-corrected chi connectivity index (χ4v) is 1.97. The van der Waals surface area contributed by atoms with Crippen molar-refractivity contribution in [1.82, 2.24) is 10.3 Å². The van der Waals surface area contributed by atoms with Gasteiger partial charge in [-0.15, -0.1) is 0 Å². The molecule has 1 unspecified atom stereocenters. The molecule has 3 nitrogen and oxygen atoms in total. The fourth-order valence-electron chi connectivity index (χ4n) is 1.97. The van der Waals surface area contributed by atoms with E-state index in [2.05, 4.69) is 24.1 Å². The van der Waals surface area contributed by atoms with E-state index < -0.39 is 0 Å². The third-order valence-electron chi connectivity index (χ3n) is 3.08. The zero-order chi connectivity index (χ0) is 12.0. The molecular weight excluding hydrogens is 198 g/mol. The van der Waals surface area contributed by atoms with Crippen molar-refractivity contribution in [2.75, 3.05) is 12.8 Å². The van der Waals surface area contributed by atoms with Crippen LogP contribution >= 0.6 is 0 Å². The predicted molar refractivity (Wildman–Crippen MR) is 69.3 cm³/mol. The van der Waals surface area contributed by atoms with Gasteiger partial charge in [0.05, 0.1) is 0 Å². The summed E-state index contributed by atoms with van der Waals surface area (Å²) in [6.07, 6.45) is 6.97. The van der Waals surface area contributed by atoms with Crippen LogP contribution in [0.25, 0.3) is 0 Å². The average molecular weight is 221 g/mol. The second-order valence-electron chi connectivity index (χ2n) is 4.61. The summed E-state index contributed by atoms with van der Waals surface area (Å²) in [5.41, 5.74) is 7.90. The number of anilines is 1. The van der Waals surface area contributed by atoms with Gasteiger partial charge in [0, 0.05) is 24.1 Å². The van der Waals surface area contributed by atoms with E-state index in [0.717, 1.165) is 18.5 Å². The molecule has 0 saturated carbocycles. The molecular formula is C13H23N3. The summed E-state index contributed by atoms with van der Waals surface area (Å²) >= 11 is 0. The van der Waals surface area contributed by atoms with Gasteiger partial charge in [-0.05, 0) is 43.9 Å². The molecule has 1 aromatic rings. The van der Waals surface area contributed by atoms with Crippen LogP contribution in [0.4, 0.5) is 5.69 Å². The number of nitrogens with one attached hydrogen (secondary N) is 1. The number of hydrogen-bond acceptors (Lipinski definition) is 3. The van der Waals surface area contributed by atoms with Crippen molar-refractivity contribution in [2.24, 2.45) is 5.92 Å². The second-order valence-corrected chi connectivity index (χ2v) is 4.61. The van der Waals surface area contributed by atoms with Crippen LogP contribution in [0.5, 0.6) is 0 Å². The van der Waals surface area contributed by atoms with Crippen molar-refractivity contribution in [3.8, 4) is 0 Å². The number of aromatic nitrogens is 1. The number of nitrogens with two attached hydrogens (primary N) is 1. The monoisotopic (exact) mass is 221 g/mol. The lowest BCUT2D eigenvalue weighted by molar-refractivity contribution is 0.393. The molecule has 0 aromatic carbocycles. The number of hydrogen-bond donors (Lipinski definition) is 2. The van der Waals surface area contributed by atoms with E-state index in [4.69, 9.17) is 5.73 Å². The minimum Gasteiger partial charge on any atom is -0.398 e. The Kier molecular flexibility index (Phi) is 5.26. The van der Waals surface area contributed by atoms with Crippen molar-refractivity contribution >= 4 is 5.69 Å². The predicted octanol–water partition coefficient (Wildman–Crippen LogP) is 2.23. The van der Waals surface area contributed by atoms with Crippen LogP contribution in [0.2, 0.25) is 0 Å². The van der Waals surface area contributed by atoms with E-state index in [0.29, 0.717) is 12.0 Å². The fraction of sp³-hybridized carbons (Fsp3) is 0.615. The zero-order valence-corrected chi connectivity index (χ0v) is 10.5. The van der Waals surface area contributed by atoms with Crippen molar-refractivity contribution in [2.45, 2.75) is 39.2 Å². The molecule has 0 saturated heterocycles. The third kappa shape index (κ3) is 3.81. The Bertz CT molecular complexity index is 310. The molecule has 90 valence electrons. The van der Waals surface area contributed by atoms with E-state index in [1.165, 1.54) is 12.0 Å². The molecule has 0 radical (unpaired) electrons. The molecule has 3 heteroatoms. The highest BCUT2D eigenvalue weighted by molar-refractivity contribution is 5.44. The number of aryl methyl sites for hydroxylation is 1. The number of pyridine rings is 1. The lowest BCUT2D eigenvalue weighted by atomic mass is 9.97. The first-order valence-electron chi connectivity index (χ1n) is 6.00. The van der Waals surface area contributed by atoms with Crippen molar-refractivity contribution in [3.63, 3.8) is 0 Å². The van der Waals surface area contributed by atoms with Crippen molar-refractivity contribution in [3.05, 3.63) is 24.0 Å². The summed E-state index contributed by atoms with van der Waals surface area (Å²) in [4.78, 5) is 4.10. The van der Waals surface area contributed by atoms with Gasteiger partial charge in [0.25, 0.3) is 0 Å². The Morgan fingerprint density at radius 1 is 1.44 bits per heavy atom. The van der Waals surface area contributed by atoms with E-state index in [9.17, 15) is 0 Å². The summed E-state index contributed by atoms with van der Waals surface area (Å²) in [5.74, 6) is 0.677. The van der Waals surface area contributed by atoms with E-state index in [-0.39, 0.29) is 0 Å². The third-order valence-corrected chi connectivity index (χ3v) is 3.08. The van der Waals surface area contributed by atoms with Crippen LogP contribution in [0, 0.1) is 5.92 Å². The highest BCUT2D eigenvalue weighted by atomic mass is 14.9. The number of nitrogen functional groups attached to an aromatic ring is 1. The first-order chi connectivity index (χ1) is 7.65. The highest BCUT2D eigenvalue weighted by Gasteiger charge is 2.10. The van der Waals surface area contributed by atoms with Gasteiger partial charge in [-0.25, -0.2) is 0 Å². The lowest BCUT2D eigenvalue weighted by Crippen LogP contribution is -2.30. The molecule has 1 atom stereocenters. The van der Waals surface area contributed by atoms with Gasteiger partial charge < -0.3 is 11.1 Å². The van der Waals surface area contributed by atoms with Crippen molar-refractivity contribution in [1.29, 1.82) is 0 Å². The lowest BCUT2D eigenvalue weighted by Gasteiger charge is -2.19. The first kappa shape index (κ1) is 13.0. The van der Waals surface area contributed by atoms with Crippen LogP contribution in [0.15, 0.2) is 18.5 Å². The molecule has 0 amide bonds. The Morgan fingerprint density at radius 3 is 2.75 bits per heavy atom. The Morgan fingerprint density at radius 2 is 2.19 bits per heavy atom. The molecule has 0 aliphatic rings. The van der Waals surface area contributed by atoms with E-state index in [1.54, 1.807) is 6.20 Å². The SMILES string of the molecule is CNC(CCCc1cnccc1N)C(C)C. The average Bonchev–Trinajstić information content (AvgIpc) is 2.26. The summed E-state index contributed by atoms with van der Waals surface area (Å²) in [5, 5.41) is 3.36. The Labute approximate surface area is 98.5 Å². The molecule has 16 heavy (non-hydrogen) atoms. The molecule has 0 fully saturated rings. The maximum atomic E-state index is 5.87. The second kappa shape index (κ2) is 6.48. The number of nitrogens with zero attached hydrogens (tertiary/aromatic N) is 1. The number of rotatable bonds is 6. The molecule has 0 aliphatic heterocycles. The van der Waals surface area contributed by atoms with Crippen molar-refractivity contribution < 1.29 is 0 Å². The van der Waals surface area contributed by atoms with Gasteiger partial charge in [-0.3, -0.25) is 4.98 Å². The smallest absolute Gasteiger partial charge is 0.0377 e. The topological polar surface area (TPSA) is 50.9 Å². The van der Waals surface area contributed by atoms with Crippen LogP contribution in [0.1, 0.15) is 32.3 Å². The highest BCUT2D eigenvalue weighted by Crippen LogP contribution is 2.15. The first-order valence-corrected chi connectivity index (χ1v) is 6.00. The zero-order valence-electron chi connectivity index (χ0n) is 10.5. The molecule has 0 aliphatic carbocycles. The summed E-state index contributed by atoms with van der Waals surface area (Å²) < 4.78 is 0. The minimum absolute atomic E-state index is 0.595. The normalized spacial score (nSPS) is 13.0. The van der Waals surface area contributed by atoms with Crippen LogP contribution in [-0.4, -0.2) is 18.1 Å². The molecule has 1 heterocycles. The Balaban J connectivity index is 2.38. The molecule has 1 rings (SSSR count). The van der Waals surface area contributed by atoms with Crippen LogP contribution in [0.3, 0.4) is 0 Å². The van der Waals surface area contributed by atoms with Crippen LogP contribution in [-0.2, 0) is 6.42 Å². The molecule has 0 spiro atoms. The van der Waals surface area contributed by atoms with E-state index >= 15 is 0 Å². The minimum atomic E-state index is 0.595. The van der Waals surface area contributed by atoms with Gasteiger partial charge in [-0.1, -0.05) is 13.8 Å². The Hall–Kier alpha value is -1.09. The summed E-state index contributed by atoms with van der Waals surface area (Å²) in [6.45, 7) is 4.50. The van der Waals surface area contributed by atoms with Gasteiger partial charge in [-0.2, -0.15) is 0 Å². The quantitative estimate of drug-likeness (QED) is 0.774. The maximum absolute atomic E-state index is 5.87. The molecule has 3 N–H and O–H groups in total. The largest absolute Gasteiger partial charge is 0.398 e. The maximum Gasteiger partial charge on any atom is 0.0377 e. The summed E-state index contributed by atoms with van der Waals surface area (Å²) in [6, 6.07) is 2.46. The van der Waals surface area contributed by atoms with Gasteiger partial charge in [0.2, 0.25) is 0 Å². The van der Waals surface area contributed by atoms with Crippen LogP contribution < -0.4 is 11.1 Å². The molecule has 1 aromatic heterocycles. The van der Waals surface area contributed by atoms with Gasteiger partial charge in [0.1, 0.15) is 0 Å². The standard InChI is InChI=1S/C13H23N3/c1-10(2)13(15-3)6-4-5-11-9-16-8-7-12(11)14/h7-10,13,15H,4-6H2,1-3H3,(H2,14,16). The summed E-state index contributed by atoms with van der Waals surface area (Å²) in [7, 11) is 2.03. The van der Waals surface area contributed by atoms with E-state index in [1.807, 2.05) is 19.3 Å². The van der Waals surface area contributed by atoms with Gasteiger partial charge in [0.15, 0.2) is 0 Å². The molecule has 0 bridgehead atoms. The van der Waals surface area contributed by atoms with Gasteiger partial charge >= 0.3 is 0 Å².